The molecular formula is C11H20N2O. The Hall–Kier alpha value is -0.830. The minimum atomic E-state index is 0.0944. The van der Waals surface area contributed by atoms with Crippen molar-refractivity contribution in [3.05, 3.63) is 11.6 Å². The van der Waals surface area contributed by atoms with Gasteiger partial charge in [-0.3, -0.25) is 4.79 Å². The zero-order valence-corrected chi connectivity index (χ0v) is 9.10. The molecule has 0 atom stereocenters. The smallest absolute Gasteiger partial charge is 0.222 e. The molecule has 3 heteroatoms. The zero-order chi connectivity index (χ0) is 10.4. The van der Waals surface area contributed by atoms with Gasteiger partial charge in [0.05, 0.1) is 0 Å². The number of hydrogen-bond acceptors (Lipinski definition) is 2. The van der Waals surface area contributed by atoms with E-state index < -0.39 is 0 Å². The molecule has 0 fully saturated rings. The molecule has 0 aliphatic carbocycles. The topological polar surface area (TPSA) is 41.1 Å². The van der Waals surface area contributed by atoms with E-state index in [9.17, 15) is 4.79 Å². The van der Waals surface area contributed by atoms with Gasteiger partial charge < -0.3 is 10.6 Å². The molecule has 1 rings (SSSR count). The summed E-state index contributed by atoms with van der Waals surface area (Å²) in [4.78, 5) is 11.2. The Bertz CT molecular complexity index is 221. The van der Waals surface area contributed by atoms with E-state index in [0.717, 1.165) is 32.5 Å². The van der Waals surface area contributed by atoms with Gasteiger partial charge in [-0.15, -0.1) is 0 Å². The molecule has 1 amide bonds. The predicted molar refractivity (Wildman–Crippen MR) is 58.0 cm³/mol. The summed E-state index contributed by atoms with van der Waals surface area (Å²) < 4.78 is 0. The van der Waals surface area contributed by atoms with Gasteiger partial charge in [0, 0.05) is 19.0 Å². The highest BCUT2D eigenvalue weighted by molar-refractivity contribution is 5.77. The van der Waals surface area contributed by atoms with Crippen molar-refractivity contribution in [2.45, 2.75) is 26.7 Å². The second-order valence-corrected chi connectivity index (χ2v) is 4.01. The van der Waals surface area contributed by atoms with Crippen LogP contribution in [0.5, 0.6) is 0 Å². The highest BCUT2D eigenvalue weighted by Crippen LogP contribution is 2.07. The molecule has 0 bridgehead atoms. The predicted octanol–water partition coefficient (Wildman–Crippen LogP) is 1.07. The Morgan fingerprint density at radius 1 is 1.64 bits per heavy atom. The molecule has 2 N–H and O–H groups in total. The quantitative estimate of drug-likeness (QED) is 0.660. The summed E-state index contributed by atoms with van der Waals surface area (Å²) in [5.74, 6) is 0.247. The molecule has 1 aliphatic rings. The van der Waals surface area contributed by atoms with E-state index in [1.54, 1.807) is 0 Å². The maximum absolute atomic E-state index is 11.2. The molecule has 0 aromatic rings. The van der Waals surface area contributed by atoms with Crippen LogP contribution in [0.25, 0.3) is 0 Å². The molecular weight excluding hydrogens is 176 g/mol. The van der Waals surface area contributed by atoms with Crippen molar-refractivity contribution in [2.75, 3.05) is 19.6 Å². The van der Waals surface area contributed by atoms with Crippen LogP contribution < -0.4 is 10.6 Å². The van der Waals surface area contributed by atoms with Gasteiger partial charge in [0.1, 0.15) is 0 Å². The number of nitrogens with one attached hydrogen (secondary N) is 2. The molecule has 80 valence electrons. The van der Waals surface area contributed by atoms with Gasteiger partial charge in [0.25, 0.3) is 0 Å². The first kappa shape index (κ1) is 11.2. The maximum atomic E-state index is 11.2. The molecule has 0 aromatic heterocycles. The number of rotatable bonds is 4. The maximum Gasteiger partial charge on any atom is 0.222 e. The van der Waals surface area contributed by atoms with Crippen LogP contribution in [0.15, 0.2) is 11.6 Å². The lowest BCUT2D eigenvalue weighted by atomic mass is 10.1. The van der Waals surface area contributed by atoms with Crippen LogP contribution >= 0.6 is 0 Å². The zero-order valence-electron chi connectivity index (χ0n) is 9.10. The van der Waals surface area contributed by atoms with Gasteiger partial charge >= 0.3 is 0 Å². The standard InChI is InChI=1S/C11H20N2O/c1-9(2)11(14)13-8-5-10-3-6-12-7-4-10/h3,9,12H,4-8H2,1-2H3,(H,13,14). The van der Waals surface area contributed by atoms with Gasteiger partial charge in [-0.25, -0.2) is 0 Å². The van der Waals surface area contributed by atoms with Crippen LogP contribution in [0, 0.1) is 5.92 Å². The van der Waals surface area contributed by atoms with Crippen LogP contribution in [0.1, 0.15) is 26.7 Å². The third kappa shape index (κ3) is 3.92. The Morgan fingerprint density at radius 3 is 3.00 bits per heavy atom. The van der Waals surface area contributed by atoms with Gasteiger partial charge in [0.15, 0.2) is 0 Å². The normalized spacial score (nSPS) is 16.6. The number of hydrogen-bond donors (Lipinski definition) is 2. The van der Waals surface area contributed by atoms with Crippen LogP contribution in [0.3, 0.4) is 0 Å². The Balaban J connectivity index is 2.14. The Morgan fingerprint density at radius 2 is 2.43 bits per heavy atom. The molecule has 0 saturated heterocycles. The largest absolute Gasteiger partial charge is 0.356 e. The van der Waals surface area contributed by atoms with Crippen LogP contribution in [-0.2, 0) is 4.79 Å². The van der Waals surface area contributed by atoms with Gasteiger partial charge in [-0.05, 0) is 19.4 Å². The Kier molecular flexibility index (Phi) is 4.66. The first-order valence-corrected chi connectivity index (χ1v) is 5.36. The van der Waals surface area contributed by atoms with Crippen LogP contribution in [0.4, 0.5) is 0 Å². The number of carbonyl (C=O) groups is 1. The monoisotopic (exact) mass is 196 g/mol. The van der Waals surface area contributed by atoms with E-state index in [1.165, 1.54) is 5.57 Å². The summed E-state index contributed by atoms with van der Waals surface area (Å²) in [5.41, 5.74) is 1.47. The summed E-state index contributed by atoms with van der Waals surface area (Å²) in [6.07, 6.45) is 4.35. The van der Waals surface area contributed by atoms with E-state index in [-0.39, 0.29) is 11.8 Å². The minimum Gasteiger partial charge on any atom is -0.356 e. The summed E-state index contributed by atoms with van der Waals surface area (Å²) in [6.45, 7) is 6.67. The van der Waals surface area contributed by atoms with Crippen LogP contribution in [0.2, 0.25) is 0 Å². The molecule has 3 nitrogen and oxygen atoms in total. The summed E-state index contributed by atoms with van der Waals surface area (Å²) in [6, 6.07) is 0. The van der Waals surface area contributed by atoms with Crippen molar-refractivity contribution in [3.8, 4) is 0 Å². The minimum absolute atomic E-state index is 0.0944. The molecule has 0 radical (unpaired) electrons. The second kappa shape index (κ2) is 5.81. The summed E-state index contributed by atoms with van der Waals surface area (Å²) in [5, 5.41) is 6.20. The number of amides is 1. The average molecular weight is 196 g/mol. The third-order valence-electron chi connectivity index (χ3n) is 2.43. The fourth-order valence-electron chi connectivity index (χ4n) is 1.45. The van der Waals surface area contributed by atoms with Crippen molar-refractivity contribution in [1.29, 1.82) is 0 Å². The highest BCUT2D eigenvalue weighted by Gasteiger charge is 2.06. The first-order chi connectivity index (χ1) is 6.70. The fraction of sp³-hybridized carbons (Fsp3) is 0.727. The van der Waals surface area contributed by atoms with Gasteiger partial charge in [0.2, 0.25) is 5.91 Å². The third-order valence-corrected chi connectivity index (χ3v) is 2.43. The SMILES string of the molecule is CC(C)C(=O)NCCC1=CCNCC1. The van der Waals surface area contributed by atoms with Crippen molar-refractivity contribution in [1.82, 2.24) is 10.6 Å². The van der Waals surface area contributed by atoms with E-state index in [4.69, 9.17) is 0 Å². The fourth-order valence-corrected chi connectivity index (χ4v) is 1.45. The van der Waals surface area contributed by atoms with Crippen molar-refractivity contribution >= 4 is 5.91 Å². The van der Waals surface area contributed by atoms with E-state index in [2.05, 4.69) is 16.7 Å². The summed E-state index contributed by atoms with van der Waals surface area (Å²) in [7, 11) is 0. The molecule has 0 unspecified atom stereocenters. The molecule has 0 spiro atoms. The van der Waals surface area contributed by atoms with E-state index in [1.807, 2.05) is 13.8 Å². The molecule has 0 saturated carbocycles. The molecule has 14 heavy (non-hydrogen) atoms. The van der Waals surface area contributed by atoms with E-state index in [0.29, 0.717) is 0 Å². The highest BCUT2D eigenvalue weighted by atomic mass is 16.1. The average Bonchev–Trinajstić information content (AvgIpc) is 2.19. The van der Waals surface area contributed by atoms with E-state index >= 15 is 0 Å². The van der Waals surface area contributed by atoms with Gasteiger partial charge in [-0.2, -0.15) is 0 Å². The van der Waals surface area contributed by atoms with Crippen molar-refractivity contribution < 1.29 is 4.79 Å². The summed E-state index contributed by atoms with van der Waals surface area (Å²) >= 11 is 0. The van der Waals surface area contributed by atoms with Crippen LogP contribution in [-0.4, -0.2) is 25.5 Å². The second-order valence-electron chi connectivity index (χ2n) is 4.01. The molecule has 1 aliphatic heterocycles. The first-order valence-electron chi connectivity index (χ1n) is 5.36. The number of carbonyl (C=O) groups excluding carboxylic acids is 1. The Labute approximate surface area is 86.0 Å². The van der Waals surface area contributed by atoms with Gasteiger partial charge in [-0.1, -0.05) is 25.5 Å². The van der Waals surface area contributed by atoms with Crippen molar-refractivity contribution in [2.24, 2.45) is 5.92 Å². The lowest BCUT2D eigenvalue weighted by molar-refractivity contribution is -0.123. The lowest BCUT2D eigenvalue weighted by Crippen LogP contribution is -2.29. The molecule has 0 aromatic carbocycles. The molecule has 1 heterocycles. The van der Waals surface area contributed by atoms with Crippen molar-refractivity contribution in [3.63, 3.8) is 0 Å². The lowest BCUT2D eigenvalue weighted by Gasteiger charge is -2.14.